The summed E-state index contributed by atoms with van der Waals surface area (Å²) >= 11 is 7.81. The highest BCUT2D eigenvalue weighted by atomic mass is 35.5. The third-order valence-electron chi connectivity index (χ3n) is 4.29. The van der Waals surface area contributed by atoms with Gasteiger partial charge in [0, 0.05) is 16.6 Å². The van der Waals surface area contributed by atoms with Crippen LogP contribution in [0.15, 0.2) is 72.3 Å². The third-order valence-corrected chi connectivity index (χ3v) is 5.42. The van der Waals surface area contributed by atoms with Gasteiger partial charge in [0.15, 0.2) is 0 Å². The second kappa shape index (κ2) is 7.52. The highest BCUT2D eigenvalue weighted by Crippen LogP contribution is 2.38. The molecule has 3 aromatic rings. The maximum Gasteiger partial charge on any atom is 0.121 e. The highest BCUT2D eigenvalue weighted by Gasteiger charge is 2.37. The first-order valence-corrected chi connectivity index (χ1v) is 9.51. The van der Waals surface area contributed by atoms with Gasteiger partial charge < -0.3 is 0 Å². The van der Waals surface area contributed by atoms with Crippen LogP contribution in [0.4, 0.5) is 0 Å². The lowest BCUT2D eigenvalue weighted by Gasteiger charge is -2.34. The van der Waals surface area contributed by atoms with Gasteiger partial charge >= 0.3 is 0 Å². The van der Waals surface area contributed by atoms with E-state index in [4.69, 9.17) is 11.6 Å². The van der Waals surface area contributed by atoms with E-state index < -0.39 is 5.54 Å². The fraction of sp³-hybridized carbons (Fsp3) is 0.190. The summed E-state index contributed by atoms with van der Waals surface area (Å²) in [5, 5.41) is 7.37. The molecular weight excluding hydrogens is 348 g/mol. The molecule has 4 heteroatoms. The molecule has 0 radical (unpaired) electrons. The minimum atomic E-state index is -0.489. The maximum atomic E-state index is 6.17. The molecule has 2 aromatic carbocycles. The average Bonchev–Trinajstić information content (AvgIpc) is 3.14. The number of aromatic nitrogens is 1. The Hall–Kier alpha value is -1.94. The number of likely N-dealkylation sites (N-methyl/N-ethyl adjacent to an activating group) is 1. The lowest BCUT2D eigenvalue weighted by molar-refractivity contribution is 0.477. The Morgan fingerprint density at radius 2 is 1.92 bits per heavy atom. The molecule has 2 nitrogen and oxygen atoms in total. The fourth-order valence-electron chi connectivity index (χ4n) is 3.15. The maximum absolute atomic E-state index is 6.17. The first-order chi connectivity index (χ1) is 12.1. The van der Waals surface area contributed by atoms with Gasteiger partial charge in [-0.2, -0.15) is 0 Å². The van der Waals surface area contributed by atoms with E-state index in [1.807, 2.05) is 29.8 Å². The number of benzene rings is 2. The van der Waals surface area contributed by atoms with Gasteiger partial charge in [-0.1, -0.05) is 55.4 Å². The van der Waals surface area contributed by atoms with Crippen LogP contribution >= 0.6 is 22.9 Å². The first kappa shape index (κ1) is 17.9. The van der Waals surface area contributed by atoms with Gasteiger partial charge in [-0.3, -0.25) is 5.32 Å². The van der Waals surface area contributed by atoms with Crippen molar-refractivity contribution in [1.82, 2.24) is 10.3 Å². The smallest absolute Gasteiger partial charge is 0.121 e. The summed E-state index contributed by atoms with van der Waals surface area (Å²) in [7, 11) is 0. The minimum absolute atomic E-state index is 0.489. The molecule has 0 saturated heterocycles. The monoisotopic (exact) mass is 368 g/mol. The highest BCUT2D eigenvalue weighted by molar-refractivity contribution is 7.09. The quantitative estimate of drug-likeness (QED) is 0.548. The van der Waals surface area contributed by atoms with E-state index in [9.17, 15) is 0 Å². The predicted molar refractivity (Wildman–Crippen MR) is 108 cm³/mol. The topological polar surface area (TPSA) is 24.9 Å². The Balaban J connectivity index is 2.17. The van der Waals surface area contributed by atoms with E-state index in [-0.39, 0.29) is 0 Å². The van der Waals surface area contributed by atoms with Crippen LogP contribution in [0.2, 0.25) is 5.02 Å². The molecule has 1 atom stereocenters. The first-order valence-electron chi connectivity index (χ1n) is 8.25. The van der Waals surface area contributed by atoms with Gasteiger partial charge in [0.1, 0.15) is 10.5 Å². The van der Waals surface area contributed by atoms with E-state index in [1.54, 1.807) is 11.3 Å². The van der Waals surface area contributed by atoms with Crippen LogP contribution in [0, 0.1) is 0 Å². The Kier molecular flexibility index (Phi) is 5.38. The van der Waals surface area contributed by atoms with Gasteiger partial charge in [-0.25, -0.2) is 4.98 Å². The Labute approximate surface area is 158 Å². The molecule has 0 aliphatic carbocycles. The summed E-state index contributed by atoms with van der Waals surface area (Å²) in [6.45, 7) is 9.25. The molecule has 0 aliphatic heterocycles. The van der Waals surface area contributed by atoms with Crippen molar-refractivity contribution in [3.63, 3.8) is 0 Å². The van der Waals surface area contributed by atoms with Crippen molar-refractivity contribution in [2.45, 2.75) is 19.4 Å². The van der Waals surface area contributed by atoms with E-state index >= 15 is 0 Å². The lowest BCUT2D eigenvalue weighted by Crippen LogP contribution is -2.44. The number of nitrogens with one attached hydrogen (secondary N) is 1. The molecule has 0 aliphatic rings. The van der Waals surface area contributed by atoms with Crippen LogP contribution in [0.25, 0.3) is 11.1 Å². The largest absolute Gasteiger partial charge is 0.299 e. The van der Waals surface area contributed by atoms with Crippen LogP contribution in [0.5, 0.6) is 0 Å². The minimum Gasteiger partial charge on any atom is -0.299 e. The summed E-state index contributed by atoms with van der Waals surface area (Å²) in [4.78, 5) is 4.60. The van der Waals surface area contributed by atoms with Gasteiger partial charge in [0.25, 0.3) is 0 Å². The van der Waals surface area contributed by atoms with Crippen molar-refractivity contribution in [3.05, 3.63) is 87.9 Å². The number of thiazole rings is 1. The summed E-state index contributed by atoms with van der Waals surface area (Å²) in [5.41, 5.74) is 3.89. The third kappa shape index (κ3) is 3.40. The van der Waals surface area contributed by atoms with Crippen molar-refractivity contribution in [2.24, 2.45) is 0 Å². The van der Waals surface area contributed by atoms with Crippen LogP contribution in [-0.2, 0) is 5.54 Å². The molecule has 1 unspecified atom stereocenters. The molecule has 1 N–H and O–H groups in total. The number of hydrogen-bond donors (Lipinski definition) is 1. The second-order valence-electron chi connectivity index (χ2n) is 5.99. The molecule has 3 rings (SSSR count). The zero-order chi connectivity index (χ0) is 17.9. The Morgan fingerprint density at radius 1 is 1.20 bits per heavy atom. The van der Waals surface area contributed by atoms with Crippen molar-refractivity contribution in [3.8, 4) is 11.1 Å². The fourth-order valence-corrected chi connectivity index (χ4v) is 4.26. The van der Waals surface area contributed by atoms with Crippen molar-refractivity contribution in [1.29, 1.82) is 0 Å². The van der Waals surface area contributed by atoms with Crippen LogP contribution in [0.1, 0.15) is 24.4 Å². The molecule has 25 heavy (non-hydrogen) atoms. The van der Waals surface area contributed by atoms with Gasteiger partial charge in [-0.05, 0) is 53.9 Å². The number of nitrogens with zero attached hydrogens (tertiary/aromatic N) is 1. The van der Waals surface area contributed by atoms with Crippen LogP contribution < -0.4 is 5.32 Å². The van der Waals surface area contributed by atoms with E-state index in [0.717, 1.165) is 38.8 Å². The summed E-state index contributed by atoms with van der Waals surface area (Å²) in [6, 6.07) is 16.4. The zero-order valence-corrected chi connectivity index (χ0v) is 16.0. The van der Waals surface area contributed by atoms with Crippen molar-refractivity contribution < 1.29 is 0 Å². The molecular formula is C21H21ClN2S. The van der Waals surface area contributed by atoms with E-state index in [1.165, 1.54) is 0 Å². The standard InChI is InChI=1S/C21H21ClN2S/c1-4-24-21(15(2)3,20-23-11-12-25-20)18-9-5-7-16(13-18)17-8-6-10-19(22)14-17/h5-14,24H,2,4H2,1,3H3. The molecule has 1 aromatic heterocycles. The SMILES string of the molecule is C=C(C)C(NCC)(c1cccc(-c2cccc(Cl)c2)c1)c1nccs1. The molecule has 0 fully saturated rings. The molecule has 128 valence electrons. The van der Waals surface area contributed by atoms with Gasteiger partial charge in [0.2, 0.25) is 0 Å². The van der Waals surface area contributed by atoms with Gasteiger partial charge in [-0.15, -0.1) is 11.3 Å². The lowest BCUT2D eigenvalue weighted by atomic mass is 9.83. The number of halogens is 1. The zero-order valence-electron chi connectivity index (χ0n) is 14.4. The van der Waals surface area contributed by atoms with Crippen LogP contribution in [-0.4, -0.2) is 11.5 Å². The predicted octanol–water partition coefficient (Wildman–Crippen LogP) is 5.89. The van der Waals surface area contributed by atoms with Crippen molar-refractivity contribution >= 4 is 22.9 Å². The summed E-state index contributed by atoms with van der Waals surface area (Å²) < 4.78 is 0. The average molecular weight is 369 g/mol. The van der Waals surface area contributed by atoms with E-state index in [2.05, 4.69) is 61.1 Å². The number of hydrogen-bond acceptors (Lipinski definition) is 3. The Morgan fingerprint density at radius 3 is 2.52 bits per heavy atom. The molecule has 0 spiro atoms. The summed E-state index contributed by atoms with van der Waals surface area (Å²) in [5.74, 6) is 0. The van der Waals surface area contributed by atoms with Crippen molar-refractivity contribution in [2.75, 3.05) is 6.54 Å². The summed E-state index contributed by atoms with van der Waals surface area (Å²) in [6.07, 6.45) is 1.84. The second-order valence-corrected chi connectivity index (χ2v) is 7.32. The molecule has 0 saturated carbocycles. The molecule has 0 bridgehead atoms. The molecule has 0 amide bonds. The number of rotatable bonds is 6. The van der Waals surface area contributed by atoms with E-state index in [0.29, 0.717) is 0 Å². The van der Waals surface area contributed by atoms with Gasteiger partial charge in [0.05, 0.1) is 0 Å². The Bertz CT molecular complexity index is 873. The molecule has 1 heterocycles. The van der Waals surface area contributed by atoms with Crippen LogP contribution in [0.3, 0.4) is 0 Å². The normalized spacial score (nSPS) is 13.4.